The van der Waals surface area contributed by atoms with Gasteiger partial charge in [-0.25, -0.2) is 5.43 Å². The van der Waals surface area contributed by atoms with Crippen LogP contribution in [0.2, 0.25) is 0 Å². The zero-order valence-corrected chi connectivity index (χ0v) is 15.6. The van der Waals surface area contributed by atoms with Crippen LogP contribution in [0.1, 0.15) is 16.7 Å². The Bertz CT molecular complexity index is 1030. The van der Waals surface area contributed by atoms with Gasteiger partial charge >= 0.3 is 0 Å². The monoisotopic (exact) mass is 422 g/mol. The maximum atomic E-state index is 12.9. The van der Waals surface area contributed by atoms with Crippen LogP contribution in [0.3, 0.4) is 0 Å². The number of carbonyl (C=O) groups is 1. The molecule has 0 radical (unpaired) electrons. The Balaban J connectivity index is 1.67. The van der Waals surface area contributed by atoms with Crippen molar-refractivity contribution in [1.82, 2.24) is 5.43 Å². The molecule has 0 fully saturated rings. The van der Waals surface area contributed by atoms with Gasteiger partial charge in [0.1, 0.15) is 5.75 Å². The molecule has 3 aromatic carbocycles. The summed E-state index contributed by atoms with van der Waals surface area (Å²) in [6, 6.07) is 19.4. The number of rotatable bonds is 3. The Morgan fingerprint density at radius 1 is 1.00 bits per heavy atom. The minimum absolute atomic E-state index is 0.0338. The third-order valence-corrected chi connectivity index (χ3v) is 5.11. The average molecular weight is 423 g/mol. The number of benzene rings is 3. The Kier molecular flexibility index (Phi) is 4.30. The first-order valence-corrected chi connectivity index (χ1v) is 9.05. The molecule has 1 aliphatic rings. The van der Waals surface area contributed by atoms with Crippen molar-refractivity contribution in [1.29, 1.82) is 0 Å². The summed E-state index contributed by atoms with van der Waals surface area (Å²) in [4.78, 5) is 12.9. The number of fused-ring (bicyclic) bond motifs is 3. The average Bonchev–Trinajstić information content (AvgIpc) is 2.95. The fourth-order valence-corrected chi connectivity index (χ4v) is 3.71. The molecule has 0 aromatic heterocycles. The van der Waals surface area contributed by atoms with Gasteiger partial charge in [0, 0.05) is 21.2 Å². The standard InChI is InChI=1S/C21H15BrN2O3/c22-14-9-10-19(25)13(11-14)12-23-24-20(26)21(27)17-7-3-1-5-15(17)16-6-2-4-8-18(16)21/h1-12,25,27H,(H,24,26). The largest absolute Gasteiger partial charge is 0.507 e. The number of hydrazone groups is 1. The van der Waals surface area contributed by atoms with E-state index in [1.165, 1.54) is 12.3 Å². The zero-order chi connectivity index (χ0) is 19.0. The number of amides is 1. The molecule has 0 unspecified atom stereocenters. The molecule has 134 valence electrons. The summed E-state index contributed by atoms with van der Waals surface area (Å²) < 4.78 is 0.769. The minimum atomic E-state index is -1.83. The highest BCUT2D eigenvalue weighted by Gasteiger charge is 2.47. The van der Waals surface area contributed by atoms with Crippen molar-refractivity contribution in [3.05, 3.63) is 87.9 Å². The van der Waals surface area contributed by atoms with E-state index >= 15 is 0 Å². The van der Waals surface area contributed by atoms with Crippen molar-refractivity contribution >= 4 is 28.1 Å². The number of carbonyl (C=O) groups excluding carboxylic acids is 1. The second kappa shape index (κ2) is 6.64. The van der Waals surface area contributed by atoms with Crippen molar-refractivity contribution < 1.29 is 15.0 Å². The number of aliphatic hydroxyl groups is 1. The molecule has 3 N–H and O–H groups in total. The zero-order valence-electron chi connectivity index (χ0n) is 14.1. The van der Waals surface area contributed by atoms with Gasteiger partial charge in [0.25, 0.3) is 5.91 Å². The first-order valence-electron chi connectivity index (χ1n) is 8.25. The van der Waals surface area contributed by atoms with Crippen LogP contribution in [0.15, 0.2) is 76.3 Å². The molecule has 27 heavy (non-hydrogen) atoms. The first-order chi connectivity index (χ1) is 13.0. The van der Waals surface area contributed by atoms with E-state index in [9.17, 15) is 15.0 Å². The molecule has 0 aliphatic heterocycles. The number of hydrogen-bond acceptors (Lipinski definition) is 4. The molecule has 0 spiro atoms. The maximum absolute atomic E-state index is 12.9. The van der Waals surface area contributed by atoms with Crippen LogP contribution in [0.5, 0.6) is 5.75 Å². The molecule has 0 atom stereocenters. The van der Waals surface area contributed by atoms with Crippen LogP contribution < -0.4 is 5.43 Å². The second-order valence-electron chi connectivity index (χ2n) is 6.20. The molecule has 1 aliphatic carbocycles. The van der Waals surface area contributed by atoms with Gasteiger partial charge in [0.2, 0.25) is 0 Å². The van der Waals surface area contributed by atoms with E-state index in [2.05, 4.69) is 26.5 Å². The molecule has 4 rings (SSSR count). The topological polar surface area (TPSA) is 81.9 Å². The van der Waals surface area contributed by atoms with Gasteiger partial charge in [0.15, 0.2) is 5.60 Å². The molecule has 0 heterocycles. The van der Waals surface area contributed by atoms with E-state index in [-0.39, 0.29) is 5.75 Å². The number of phenols is 1. The van der Waals surface area contributed by atoms with E-state index in [0.717, 1.165) is 15.6 Å². The Hall–Kier alpha value is -2.96. The molecule has 1 amide bonds. The highest BCUT2D eigenvalue weighted by atomic mass is 79.9. The second-order valence-corrected chi connectivity index (χ2v) is 7.12. The van der Waals surface area contributed by atoms with Crippen LogP contribution in [-0.2, 0) is 10.4 Å². The van der Waals surface area contributed by atoms with Gasteiger partial charge in [-0.2, -0.15) is 5.10 Å². The fourth-order valence-electron chi connectivity index (χ4n) is 3.33. The molecule has 0 saturated heterocycles. The van der Waals surface area contributed by atoms with Crippen molar-refractivity contribution in [2.24, 2.45) is 5.10 Å². The minimum Gasteiger partial charge on any atom is -0.507 e. The third-order valence-electron chi connectivity index (χ3n) is 4.61. The van der Waals surface area contributed by atoms with Crippen LogP contribution in [0.25, 0.3) is 11.1 Å². The summed E-state index contributed by atoms with van der Waals surface area (Å²) in [6.07, 6.45) is 1.33. The van der Waals surface area contributed by atoms with Crippen molar-refractivity contribution in [2.45, 2.75) is 5.60 Å². The highest BCUT2D eigenvalue weighted by molar-refractivity contribution is 9.10. The fraction of sp³-hybridized carbons (Fsp3) is 0.0476. The van der Waals surface area contributed by atoms with Gasteiger partial charge in [-0.1, -0.05) is 64.5 Å². The van der Waals surface area contributed by atoms with Crippen LogP contribution in [-0.4, -0.2) is 22.3 Å². The van der Waals surface area contributed by atoms with Crippen molar-refractivity contribution in [3.63, 3.8) is 0 Å². The lowest BCUT2D eigenvalue weighted by molar-refractivity contribution is -0.136. The molecular weight excluding hydrogens is 408 g/mol. The summed E-state index contributed by atoms with van der Waals surface area (Å²) in [5, 5.41) is 25.1. The summed E-state index contributed by atoms with van der Waals surface area (Å²) in [5.41, 5.74) is 3.67. The van der Waals surface area contributed by atoms with E-state index < -0.39 is 11.5 Å². The van der Waals surface area contributed by atoms with E-state index in [1.54, 1.807) is 36.4 Å². The van der Waals surface area contributed by atoms with Crippen molar-refractivity contribution in [3.8, 4) is 16.9 Å². The predicted octanol–water partition coefficient (Wildman–Crippen LogP) is 3.52. The molecule has 3 aromatic rings. The lowest BCUT2D eigenvalue weighted by Crippen LogP contribution is -2.42. The Morgan fingerprint density at radius 3 is 2.22 bits per heavy atom. The first kappa shape index (κ1) is 17.5. The number of nitrogens with one attached hydrogen (secondary N) is 1. The number of aromatic hydroxyl groups is 1. The summed E-state index contributed by atoms with van der Waals surface area (Å²) in [5.74, 6) is -0.628. The molecule has 0 bridgehead atoms. The lowest BCUT2D eigenvalue weighted by atomic mass is 9.91. The molecule has 5 nitrogen and oxygen atoms in total. The van der Waals surface area contributed by atoms with E-state index in [0.29, 0.717) is 16.7 Å². The Labute approximate surface area is 164 Å². The van der Waals surface area contributed by atoms with Gasteiger partial charge in [-0.15, -0.1) is 0 Å². The number of phenolic OH excluding ortho intramolecular Hbond substituents is 1. The quantitative estimate of drug-likeness (QED) is 0.446. The van der Waals surface area contributed by atoms with Crippen LogP contribution in [0.4, 0.5) is 0 Å². The highest BCUT2D eigenvalue weighted by Crippen LogP contribution is 2.47. The third kappa shape index (κ3) is 2.83. The van der Waals surface area contributed by atoms with Crippen molar-refractivity contribution in [2.75, 3.05) is 0 Å². The smallest absolute Gasteiger partial charge is 0.281 e. The molecule has 6 heteroatoms. The number of hydrogen-bond donors (Lipinski definition) is 3. The summed E-state index contributed by atoms with van der Waals surface area (Å²) in [6.45, 7) is 0. The van der Waals surface area contributed by atoms with Gasteiger partial charge < -0.3 is 10.2 Å². The summed E-state index contributed by atoms with van der Waals surface area (Å²) in [7, 11) is 0. The van der Waals surface area contributed by atoms with Crippen LogP contribution >= 0.6 is 15.9 Å². The van der Waals surface area contributed by atoms with Crippen LogP contribution in [0, 0.1) is 0 Å². The van der Waals surface area contributed by atoms with Gasteiger partial charge in [-0.05, 0) is 29.3 Å². The predicted molar refractivity (Wildman–Crippen MR) is 106 cm³/mol. The Morgan fingerprint density at radius 2 is 1.59 bits per heavy atom. The molecular formula is C21H15BrN2O3. The van der Waals surface area contributed by atoms with Gasteiger partial charge in [-0.3, -0.25) is 4.79 Å². The molecule has 0 saturated carbocycles. The van der Waals surface area contributed by atoms with E-state index in [4.69, 9.17) is 0 Å². The van der Waals surface area contributed by atoms with Gasteiger partial charge in [0.05, 0.1) is 6.21 Å². The maximum Gasteiger partial charge on any atom is 0.281 e. The normalized spacial score (nSPS) is 14.0. The number of nitrogens with zero attached hydrogens (tertiary/aromatic N) is 1. The lowest BCUT2D eigenvalue weighted by Gasteiger charge is -2.23. The SMILES string of the molecule is O=C(NN=Cc1cc(Br)ccc1O)C1(O)c2ccccc2-c2ccccc21. The van der Waals surface area contributed by atoms with E-state index in [1.807, 2.05) is 24.3 Å². The number of halogens is 1. The summed E-state index contributed by atoms with van der Waals surface area (Å²) >= 11 is 3.32.